The van der Waals surface area contributed by atoms with Crippen molar-refractivity contribution in [2.45, 2.75) is 0 Å². The van der Waals surface area contributed by atoms with Crippen molar-refractivity contribution in [3.63, 3.8) is 0 Å². The van der Waals surface area contributed by atoms with Gasteiger partial charge in [0.25, 0.3) is 0 Å². The summed E-state index contributed by atoms with van der Waals surface area (Å²) in [5, 5.41) is 24.2. The number of rotatable bonds is 3. The molecule has 0 fully saturated rings. The average Bonchev–Trinajstić information content (AvgIpc) is 3.05. The maximum atomic E-state index is 11.8. The summed E-state index contributed by atoms with van der Waals surface area (Å²) in [6, 6.07) is 15.2. The van der Waals surface area contributed by atoms with E-state index >= 15 is 0 Å². The van der Waals surface area contributed by atoms with Crippen LogP contribution in [-0.4, -0.2) is 27.3 Å². The van der Waals surface area contributed by atoms with Crippen LogP contribution in [0.3, 0.4) is 0 Å². The lowest BCUT2D eigenvalue weighted by molar-refractivity contribution is 0.0695. The third-order valence-electron chi connectivity index (χ3n) is 4.10. The summed E-state index contributed by atoms with van der Waals surface area (Å²) in [5.41, 5.74) is 1.01. The van der Waals surface area contributed by atoms with Crippen LogP contribution in [0.25, 0.3) is 33.0 Å². The predicted octanol–water partition coefficient (Wildman–Crippen LogP) is 4.04. The van der Waals surface area contributed by atoms with E-state index in [-0.39, 0.29) is 16.5 Å². The fourth-order valence-electron chi connectivity index (χ4n) is 3.03. The summed E-state index contributed by atoms with van der Waals surface area (Å²) in [5.74, 6) is -1.96. The van der Waals surface area contributed by atoms with Gasteiger partial charge in [0.2, 0.25) is 0 Å². The quantitative estimate of drug-likeness (QED) is 0.587. The molecule has 0 aliphatic rings. The lowest BCUT2D eigenvalue weighted by Gasteiger charge is -2.07. The highest BCUT2D eigenvalue weighted by Gasteiger charge is 2.22. The van der Waals surface area contributed by atoms with Crippen molar-refractivity contribution in [3.8, 4) is 11.3 Å². The molecule has 0 amide bonds. The number of carbonyl (C=O) groups is 2. The van der Waals surface area contributed by atoms with Gasteiger partial charge in [-0.1, -0.05) is 47.6 Å². The minimum atomic E-state index is -1.21. The molecular formula is C19H11NO5. The molecule has 0 bridgehead atoms. The summed E-state index contributed by atoms with van der Waals surface area (Å²) >= 11 is 0. The van der Waals surface area contributed by atoms with Crippen LogP contribution < -0.4 is 0 Å². The van der Waals surface area contributed by atoms with E-state index in [0.29, 0.717) is 22.0 Å². The number of carboxylic acids is 2. The Morgan fingerprint density at radius 2 is 1.56 bits per heavy atom. The molecule has 3 aromatic carbocycles. The number of aromatic carboxylic acids is 2. The van der Waals surface area contributed by atoms with Crippen LogP contribution in [0.1, 0.15) is 20.7 Å². The molecule has 0 aliphatic heterocycles. The summed E-state index contributed by atoms with van der Waals surface area (Å²) in [4.78, 5) is 23.3. The van der Waals surface area contributed by atoms with Gasteiger partial charge in [0.1, 0.15) is 5.52 Å². The van der Waals surface area contributed by atoms with Crippen LogP contribution >= 0.6 is 0 Å². The van der Waals surface area contributed by atoms with Gasteiger partial charge in [-0.2, -0.15) is 0 Å². The van der Waals surface area contributed by atoms with E-state index < -0.39 is 11.9 Å². The van der Waals surface area contributed by atoms with Crippen LogP contribution in [0.2, 0.25) is 0 Å². The first-order valence-electron chi connectivity index (χ1n) is 7.45. The average molecular weight is 333 g/mol. The molecule has 2 N–H and O–H groups in total. The van der Waals surface area contributed by atoms with Gasteiger partial charge in [0.05, 0.1) is 16.5 Å². The van der Waals surface area contributed by atoms with E-state index in [0.717, 1.165) is 5.56 Å². The van der Waals surface area contributed by atoms with Gasteiger partial charge in [0.15, 0.2) is 5.76 Å². The topological polar surface area (TPSA) is 101 Å². The second-order valence-corrected chi connectivity index (χ2v) is 5.54. The van der Waals surface area contributed by atoms with Crippen LogP contribution in [0.4, 0.5) is 0 Å². The van der Waals surface area contributed by atoms with Gasteiger partial charge < -0.3 is 14.7 Å². The molecule has 0 aliphatic carbocycles. The van der Waals surface area contributed by atoms with Gasteiger partial charge in [0, 0.05) is 16.3 Å². The zero-order valence-corrected chi connectivity index (χ0v) is 12.8. The number of benzene rings is 3. The Morgan fingerprint density at radius 1 is 0.840 bits per heavy atom. The van der Waals surface area contributed by atoms with Gasteiger partial charge in [-0.25, -0.2) is 9.59 Å². The fourth-order valence-corrected chi connectivity index (χ4v) is 3.03. The van der Waals surface area contributed by atoms with Crippen LogP contribution in [0.15, 0.2) is 59.1 Å². The molecular weight excluding hydrogens is 322 g/mol. The normalized spacial score (nSPS) is 11.0. The Bertz CT molecular complexity index is 1140. The Balaban J connectivity index is 2.17. The maximum absolute atomic E-state index is 11.8. The zero-order chi connectivity index (χ0) is 17.6. The van der Waals surface area contributed by atoms with Crippen molar-refractivity contribution < 1.29 is 24.3 Å². The van der Waals surface area contributed by atoms with Crippen molar-refractivity contribution in [1.82, 2.24) is 5.16 Å². The lowest BCUT2D eigenvalue weighted by Crippen LogP contribution is -2.04. The Hall–Kier alpha value is -3.67. The maximum Gasteiger partial charge on any atom is 0.336 e. The fraction of sp³-hybridized carbons (Fsp3) is 0. The van der Waals surface area contributed by atoms with Crippen LogP contribution in [0.5, 0.6) is 0 Å². The molecule has 0 radical (unpaired) electrons. The molecule has 0 unspecified atom stereocenters. The summed E-state index contributed by atoms with van der Waals surface area (Å²) in [6.07, 6.45) is 0. The molecule has 6 nitrogen and oxygen atoms in total. The van der Waals surface area contributed by atoms with Crippen molar-refractivity contribution in [1.29, 1.82) is 0 Å². The van der Waals surface area contributed by atoms with E-state index in [1.807, 2.05) is 30.3 Å². The predicted molar refractivity (Wildman–Crippen MR) is 90.9 cm³/mol. The second kappa shape index (κ2) is 5.45. The molecule has 0 saturated heterocycles. The van der Waals surface area contributed by atoms with Crippen LogP contribution in [0, 0.1) is 0 Å². The molecule has 0 spiro atoms. The Morgan fingerprint density at radius 3 is 2.24 bits per heavy atom. The highest BCUT2D eigenvalue weighted by molar-refractivity contribution is 6.21. The number of nitrogens with zero attached hydrogens (tertiary/aromatic N) is 1. The molecule has 1 aromatic heterocycles. The largest absolute Gasteiger partial charge is 0.478 e. The summed E-state index contributed by atoms with van der Waals surface area (Å²) < 4.78 is 5.45. The van der Waals surface area contributed by atoms with Crippen molar-refractivity contribution in [2.75, 3.05) is 0 Å². The lowest BCUT2D eigenvalue weighted by atomic mass is 9.95. The minimum absolute atomic E-state index is 0.0824. The summed E-state index contributed by atoms with van der Waals surface area (Å²) in [6.45, 7) is 0. The van der Waals surface area contributed by atoms with Gasteiger partial charge in [-0.05, 0) is 12.1 Å². The minimum Gasteiger partial charge on any atom is -0.478 e. The number of carboxylic acid groups (broad SMARTS) is 2. The van der Waals surface area contributed by atoms with Gasteiger partial charge in [-0.15, -0.1) is 0 Å². The number of aromatic nitrogens is 1. The number of hydrogen-bond acceptors (Lipinski definition) is 4. The Kier molecular flexibility index (Phi) is 3.25. The van der Waals surface area contributed by atoms with E-state index in [9.17, 15) is 19.8 Å². The highest BCUT2D eigenvalue weighted by atomic mass is 16.5. The first-order chi connectivity index (χ1) is 12.1. The number of hydrogen-bond donors (Lipinski definition) is 2. The van der Waals surface area contributed by atoms with Gasteiger partial charge >= 0.3 is 11.9 Å². The molecule has 1 heterocycles. The highest BCUT2D eigenvalue weighted by Crippen LogP contribution is 2.36. The first-order valence-corrected chi connectivity index (χ1v) is 7.45. The monoisotopic (exact) mass is 333 g/mol. The molecule has 122 valence electrons. The number of fused-ring (bicyclic) bond motifs is 3. The van der Waals surface area contributed by atoms with Gasteiger partial charge in [-0.3, -0.25) is 0 Å². The molecule has 6 heteroatoms. The molecule has 4 aromatic rings. The second-order valence-electron chi connectivity index (χ2n) is 5.54. The van der Waals surface area contributed by atoms with Crippen molar-refractivity contribution in [2.24, 2.45) is 0 Å². The summed E-state index contributed by atoms with van der Waals surface area (Å²) in [7, 11) is 0. The molecule has 25 heavy (non-hydrogen) atoms. The first kappa shape index (κ1) is 14.9. The SMILES string of the molecule is O=C(O)c1cccc2c1c(C(=O)O)cc1c(-c3ccccc3)onc12. The van der Waals surface area contributed by atoms with Crippen LogP contribution in [-0.2, 0) is 0 Å². The third kappa shape index (κ3) is 2.23. The Labute approximate surface area is 140 Å². The molecule has 4 rings (SSSR count). The smallest absolute Gasteiger partial charge is 0.336 e. The van der Waals surface area contributed by atoms with E-state index in [2.05, 4.69) is 5.16 Å². The zero-order valence-electron chi connectivity index (χ0n) is 12.8. The standard InChI is InChI=1S/C19H11NO5/c21-18(22)12-8-4-7-11-15(12)13(19(23)24)9-14-16(11)20-25-17(14)10-5-2-1-3-6-10/h1-9H,(H,21,22)(H,23,24). The molecule has 0 saturated carbocycles. The van der Waals surface area contributed by atoms with E-state index in [4.69, 9.17) is 4.52 Å². The third-order valence-corrected chi connectivity index (χ3v) is 4.10. The van der Waals surface area contributed by atoms with Crippen molar-refractivity contribution >= 4 is 33.6 Å². The molecule has 0 atom stereocenters. The van der Waals surface area contributed by atoms with Crippen molar-refractivity contribution in [3.05, 3.63) is 65.7 Å². The van der Waals surface area contributed by atoms with E-state index in [1.54, 1.807) is 12.1 Å². The van der Waals surface area contributed by atoms with E-state index in [1.165, 1.54) is 12.1 Å².